The predicted molar refractivity (Wildman–Crippen MR) is 19.9 cm³/mol. The minimum Gasteiger partial charge on any atom is -1.00 e. The van der Waals surface area contributed by atoms with Gasteiger partial charge in [0.25, 0.3) is 0 Å². The zero-order chi connectivity index (χ0) is 4.50. The van der Waals surface area contributed by atoms with Crippen LogP contribution in [0.1, 0.15) is 0 Å². The van der Waals surface area contributed by atoms with Gasteiger partial charge < -0.3 is 24.8 Å². The van der Waals surface area contributed by atoms with Crippen LogP contribution in [-0.4, -0.2) is 41.4 Å². The second-order valence-electron chi connectivity index (χ2n) is 0.448. The van der Waals surface area contributed by atoms with Gasteiger partial charge in [-0.05, 0) is 0 Å². The summed E-state index contributed by atoms with van der Waals surface area (Å²) in [6.07, 6.45) is 0. The van der Waals surface area contributed by atoms with Crippen molar-refractivity contribution < 1.29 is 42.3 Å². The molecule has 0 bridgehead atoms. The molecular formula is H2Cl2O4SSn. The van der Waals surface area contributed by atoms with Crippen LogP contribution in [0.5, 0.6) is 0 Å². The Balaban J connectivity index is -0.0000000267. The normalized spacial score (nSPS) is 7.25. The Kier molecular flexibility index (Phi) is 23.6. The Hall–Kier alpha value is 1.25. The number of hydrogen-bond donors (Lipinski definition) is 2. The van der Waals surface area contributed by atoms with E-state index in [1.54, 1.807) is 0 Å². The van der Waals surface area contributed by atoms with Gasteiger partial charge in [0.05, 0.1) is 0 Å². The first-order valence-corrected chi connectivity index (χ1v) is 2.10. The Morgan fingerprint density at radius 1 is 1.00 bits per heavy atom. The van der Waals surface area contributed by atoms with Crippen molar-refractivity contribution in [2.24, 2.45) is 0 Å². The molecule has 0 saturated carbocycles. The molecular weight excluding hydrogens is 286 g/mol. The summed E-state index contributed by atoms with van der Waals surface area (Å²) in [5.41, 5.74) is 0. The summed E-state index contributed by atoms with van der Waals surface area (Å²) in [7, 11) is -4.67. The van der Waals surface area contributed by atoms with Crippen LogP contribution < -0.4 is 24.8 Å². The molecule has 0 heterocycles. The van der Waals surface area contributed by atoms with Crippen molar-refractivity contribution in [2.75, 3.05) is 0 Å². The van der Waals surface area contributed by atoms with Gasteiger partial charge in [0, 0.05) is 0 Å². The van der Waals surface area contributed by atoms with Gasteiger partial charge in [-0.3, -0.25) is 9.11 Å². The average molecular weight is 288 g/mol. The first kappa shape index (κ1) is 22.8. The summed E-state index contributed by atoms with van der Waals surface area (Å²) in [5.74, 6) is 0. The van der Waals surface area contributed by atoms with Crippen LogP contribution in [0.25, 0.3) is 0 Å². The van der Waals surface area contributed by atoms with Crippen LogP contribution in [0.3, 0.4) is 0 Å². The monoisotopic (exact) mass is 288 g/mol. The van der Waals surface area contributed by atoms with Crippen LogP contribution in [0.15, 0.2) is 0 Å². The van der Waals surface area contributed by atoms with E-state index in [2.05, 4.69) is 0 Å². The third-order valence-corrected chi connectivity index (χ3v) is 0. The third kappa shape index (κ3) is 182. The van der Waals surface area contributed by atoms with E-state index in [-0.39, 0.29) is 48.7 Å². The maximum atomic E-state index is 8.74. The molecule has 0 fully saturated rings. The standard InChI is InChI=1S/2ClH.H2O4S.Sn/c;;1-5(2,3)4;/h2*1H;(H2,1,2,3,4);/q;;;+2/p-2. The Morgan fingerprint density at radius 2 is 1.00 bits per heavy atom. The fraction of sp³-hybridized carbons (Fsp3) is 0. The summed E-state index contributed by atoms with van der Waals surface area (Å²) in [6.45, 7) is 0. The Morgan fingerprint density at radius 3 is 1.00 bits per heavy atom. The maximum Gasteiger partial charge on any atom is 2.00 e. The van der Waals surface area contributed by atoms with Crippen molar-refractivity contribution in [1.82, 2.24) is 0 Å². The average Bonchev–Trinajstić information content (AvgIpc) is 0.722. The van der Waals surface area contributed by atoms with Crippen molar-refractivity contribution in [1.29, 1.82) is 0 Å². The Bertz CT molecular complexity index is 97.2. The zero-order valence-electron chi connectivity index (χ0n) is 3.38. The molecule has 0 aromatic carbocycles. The smallest absolute Gasteiger partial charge is 1.00 e. The third-order valence-electron chi connectivity index (χ3n) is 0. The van der Waals surface area contributed by atoms with Crippen LogP contribution in [-0.2, 0) is 10.4 Å². The van der Waals surface area contributed by atoms with Gasteiger partial charge >= 0.3 is 34.3 Å². The molecule has 4 nitrogen and oxygen atoms in total. The molecule has 8 heteroatoms. The molecule has 0 aliphatic rings. The molecule has 0 aliphatic heterocycles. The summed E-state index contributed by atoms with van der Waals surface area (Å²) < 4.78 is 31.6. The van der Waals surface area contributed by atoms with Crippen molar-refractivity contribution in [3.05, 3.63) is 0 Å². The minimum absolute atomic E-state index is 0. The topological polar surface area (TPSA) is 74.6 Å². The molecule has 2 radical (unpaired) electrons. The molecule has 0 aromatic rings. The van der Waals surface area contributed by atoms with Crippen molar-refractivity contribution >= 4 is 34.3 Å². The van der Waals surface area contributed by atoms with E-state index in [4.69, 9.17) is 17.5 Å². The van der Waals surface area contributed by atoms with Crippen LogP contribution in [0, 0.1) is 0 Å². The van der Waals surface area contributed by atoms with Crippen molar-refractivity contribution in [3.63, 3.8) is 0 Å². The summed E-state index contributed by atoms with van der Waals surface area (Å²) in [5, 5.41) is 0. The number of rotatable bonds is 0. The molecule has 0 saturated heterocycles. The van der Waals surface area contributed by atoms with Crippen LogP contribution in [0.2, 0.25) is 0 Å². The molecule has 0 atom stereocenters. The molecule has 2 N–H and O–H groups in total. The maximum absolute atomic E-state index is 8.74. The first-order chi connectivity index (χ1) is 2.00. The predicted octanol–water partition coefficient (Wildman–Crippen LogP) is -7.03. The second-order valence-corrected chi connectivity index (χ2v) is 1.34. The molecule has 8 heavy (non-hydrogen) atoms. The van der Waals surface area contributed by atoms with Crippen LogP contribution >= 0.6 is 0 Å². The Labute approximate surface area is 76.4 Å². The molecule has 0 amide bonds. The fourth-order valence-electron chi connectivity index (χ4n) is 0. The minimum atomic E-state index is -4.67. The number of hydrogen-bond acceptors (Lipinski definition) is 2. The van der Waals surface area contributed by atoms with E-state index in [1.807, 2.05) is 0 Å². The van der Waals surface area contributed by atoms with Gasteiger partial charge in [0.2, 0.25) is 0 Å². The SMILES string of the molecule is O=S(=O)(O)O.[Cl-].[Cl-].[Sn+2]. The quantitative estimate of drug-likeness (QED) is 0.343. The summed E-state index contributed by atoms with van der Waals surface area (Å²) in [6, 6.07) is 0. The van der Waals surface area contributed by atoms with Crippen LogP contribution in [0.4, 0.5) is 0 Å². The van der Waals surface area contributed by atoms with Gasteiger partial charge in [0.1, 0.15) is 0 Å². The van der Waals surface area contributed by atoms with E-state index < -0.39 is 10.4 Å². The first-order valence-electron chi connectivity index (χ1n) is 0.698. The summed E-state index contributed by atoms with van der Waals surface area (Å²) in [4.78, 5) is 0. The molecule has 0 spiro atoms. The van der Waals surface area contributed by atoms with E-state index in [0.29, 0.717) is 0 Å². The zero-order valence-corrected chi connectivity index (χ0v) is 8.56. The molecule has 0 aromatic heterocycles. The largest absolute Gasteiger partial charge is 2.00 e. The van der Waals surface area contributed by atoms with Gasteiger partial charge in [-0.2, -0.15) is 8.42 Å². The van der Waals surface area contributed by atoms with Crippen molar-refractivity contribution in [2.45, 2.75) is 0 Å². The van der Waals surface area contributed by atoms with E-state index in [9.17, 15) is 0 Å². The molecule has 0 unspecified atom stereocenters. The van der Waals surface area contributed by atoms with Gasteiger partial charge in [-0.15, -0.1) is 0 Å². The second kappa shape index (κ2) is 8.25. The van der Waals surface area contributed by atoms with E-state index >= 15 is 0 Å². The number of halogens is 2. The van der Waals surface area contributed by atoms with E-state index in [0.717, 1.165) is 0 Å². The van der Waals surface area contributed by atoms with Gasteiger partial charge in [-0.25, -0.2) is 0 Å². The van der Waals surface area contributed by atoms with Crippen molar-refractivity contribution in [3.8, 4) is 0 Å². The summed E-state index contributed by atoms with van der Waals surface area (Å²) >= 11 is 0. The van der Waals surface area contributed by atoms with Gasteiger partial charge in [-0.1, -0.05) is 0 Å². The van der Waals surface area contributed by atoms with Gasteiger partial charge in [0.15, 0.2) is 0 Å². The van der Waals surface area contributed by atoms with E-state index in [1.165, 1.54) is 0 Å². The molecule has 0 aliphatic carbocycles. The molecule has 50 valence electrons. The fourth-order valence-corrected chi connectivity index (χ4v) is 0. The molecule has 0 rings (SSSR count).